The van der Waals surface area contributed by atoms with E-state index < -0.39 is 0 Å². The monoisotopic (exact) mass is 289 g/mol. The molecule has 0 bridgehead atoms. The Morgan fingerprint density at radius 3 is 2.48 bits per heavy atom. The van der Waals surface area contributed by atoms with E-state index in [1.165, 1.54) is 18.4 Å². The van der Waals surface area contributed by atoms with E-state index >= 15 is 0 Å². The molecule has 1 fully saturated rings. The molecule has 116 valence electrons. The maximum absolute atomic E-state index is 12.4. The van der Waals surface area contributed by atoms with Crippen LogP contribution in [0.3, 0.4) is 0 Å². The zero-order valence-corrected chi connectivity index (χ0v) is 13.2. The summed E-state index contributed by atoms with van der Waals surface area (Å²) in [5.41, 5.74) is 7.50. The first-order valence-electron chi connectivity index (χ1n) is 7.83. The minimum atomic E-state index is 0.119. The summed E-state index contributed by atoms with van der Waals surface area (Å²) in [4.78, 5) is 16.7. The van der Waals surface area contributed by atoms with Gasteiger partial charge in [0.15, 0.2) is 0 Å². The second-order valence-electron chi connectivity index (χ2n) is 6.17. The molecule has 1 saturated heterocycles. The summed E-state index contributed by atoms with van der Waals surface area (Å²) in [5.74, 6) is 0.750. The highest BCUT2D eigenvalue weighted by Crippen LogP contribution is 2.18. The predicted molar refractivity (Wildman–Crippen MR) is 86.4 cm³/mol. The minimum absolute atomic E-state index is 0.119. The number of hydrogen-bond donors (Lipinski definition) is 1. The normalized spacial score (nSPS) is 16.9. The van der Waals surface area contributed by atoms with Gasteiger partial charge in [0.25, 0.3) is 5.91 Å². The Hall–Kier alpha value is -1.39. The highest BCUT2D eigenvalue weighted by atomic mass is 16.2. The average Bonchev–Trinajstić information content (AvgIpc) is 2.50. The predicted octanol–water partition coefficient (Wildman–Crippen LogP) is 1.60. The van der Waals surface area contributed by atoms with E-state index in [0.29, 0.717) is 12.5 Å². The first-order valence-corrected chi connectivity index (χ1v) is 7.83. The van der Waals surface area contributed by atoms with Gasteiger partial charge in [0.1, 0.15) is 0 Å². The lowest BCUT2D eigenvalue weighted by Gasteiger charge is -2.31. The van der Waals surface area contributed by atoms with Gasteiger partial charge in [-0.05, 0) is 69.6 Å². The first-order chi connectivity index (χ1) is 10.1. The molecule has 0 aliphatic carbocycles. The number of nitrogens with zero attached hydrogens (tertiary/aromatic N) is 2. The van der Waals surface area contributed by atoms with Crippen molar-refractivity contribution in [1.82, 2.24) is 9.80 Å². The fraction of sp³-hybridized carbons (Fsp3) is 0.588. The summed E-state index contributed by atoms with van der Waals surface area (Å²) >= 11 is 0. The van der Waals surface area contributed by atoms with Crippen LogP contribution in [0.1, 0.15) is 28.8 Å². The Balaban J connectivity index is 1.89. The number of likely N-dealkylation sites (tertiary alicyclic amines) is 1. The third-order valence-electron chi connectivity index (χ3n) is 4.35. The van der Waals surface area contributed by atoms with E-state index in [4.69, 9.17) is 5.73 Å². The van der Waals surface area contributed by atoms with Crippen LogP contribution in [0.15, 0.2) is 24.3 Å². The van der Waals surface area contributed by atoms with Crippen molar-refractivity contribution < 1.29 is 4.79 Å². The molecule has 1 aliphatic heterocycles. The van der Waals surface area contributed by atoms with Gasteiger partial charge in [-0.15, -0.1) is 0 Å². The molecule has 2 N–H and O–H groups in total. The van der Waals surface area contributed by atoms with Gasteiger partial charge in [-0.25, -0.2) is 0 Å². The standard InChI is InChI=1S/C17H27N3O/c1-19-11-8-15(9-12-19)13-20(2)17(21)16-5-3-14(4-6-16)7-10-18/h3-6,15H,7-13,18H2,1-2H3. The molecule has 1 heterocycles. The number of nitrogens with two attached hydrogens (primary N) is 1. The zero-order valence-electron chi connectivity index (χ0n) is 13.2. The molecule has 1 aliphatic rings. The summed E-state index contributed by atoms with van der Waals surface area (Å²) in [6, 6.07) is 7.84. The largest absolute Gasteiger partial charge is 0.341 e. The van der Waals surface area contributed by atoms with Gasteiger partial charge in [-0.1, -0.05) is 12.1 Å². The third kappa shape index (κ3) is 4.55. The number of carbonyl (C=O) groups is 1. The van der Waals surface area contributed by atoms with Crippen LogP contribution in [0.4, 0.5) is 0 Å². The van der Waals surface area contributed by atoms with E-state index in [1.807, 2.05) is 36.2 Å². The van der Waals surface area contributed by atoms with Crippen molar-refractivity contribution in [2.45, 2.75) is 19.3 Å². The zero-order chi connectivity index (χ0) is 15.2. The molecule has 0 atom stereocenters. The molecule has 0 aromatic heterocycles. The highest BCUT2D eigenvalue weighted by molar-refractivity contribution is 5.94. The van der Waals surface area contributed by atoms with Crippen LogP contribution in [0.5, 0.6) is 0 Å². The third-order valence-corrected chi connectivity index (χ3v) is 4.35. The van der Waals surface area contributed by atoms with Crippen LogP contribution in [-0.4, -0.2) is 56.0 Å². The van der Waals surface area contributed by atoms with Gasteiger partial charge >= 0.3 is 0 Å². The van der Waals surface area contributed by atoms with Crippen LogP contribution in [0.25, 0.3) is 0 Å². The summed E-state index contributed by atoms with van der Waals surface area (Å²) in [7, 11) is 4.07. The van der Waals surface area contributed by atoms with Crippen LogP contribution in [0.2, 0.25) is 0 Å². The number of rotatable bonds is 5. The second-order valence-corrected chi connectivity index (χ2v) is 6.17. The molecule has 4 nitrogen and oxygen atoms in total. The molecule has 2 rings (SSSR count). The van der Waals surface area contributed by atoms with Crippen LogP contribution in [-0.2, 0) is 6.42 Å². The van der Waals surface area contributed by atoms with E-state index in [1.54, 1.807) is 0 Å². The second kappa shape index (κ2) is 7.57. The van der Waals surface area contributed by atoms with Crippen molar-refractivity contribution in [3.05, 3.63) is 35.4 Å². The number of benzene rings is 1. The maximum atomic E-state index is 12.4. The Kier molecular flexibility index (Phi) is 5.76. The Bertz CT molecular complexity index is 450. The summed E-state index contributed by atoms with van der Waals surface area (Å²) in [6.45, 7) is 3.78. The van der Waals surface area contributed by atoms with Gasteiger partial charge < -0.3 is 15.5 Å². The van der Waals surface area contributed by atoms with Crippen molar-refractivity contribution >= 4 is 5.91 Å². The van der Waals surface area contributed by atoms with Crippen molar-refractivity contribution in [2.75, 3.05) is 40.3 Å². The van der Waals surface area contributed by atoms with Gasteiger partial charge in [0.05, 0.1) is 0 Å². The molecule has 0 unspecified atom stereocenters. The summed E-state index contributed by atoms with van der Waals surface area (Å²) in [5, 5.41) is 0. The first kappa shape index (κ1) is 16.0. The molecular formula is C17H27N3O. The molecule has 0 spiro atoms. The van der Waals surface area contributed by atoms with Crippen LogP contribution >= 0.6 is 0 Å². The fourth-order valence-electron chi connectivity index (χ4n) is 2.92. The smallest absolute Gasteiger partial charge is 0.253 e. The van der Waals surface area contributed by atoms with E-state index in [-0.39, 0.29) is 5.91 Å². The van der Waals surface area contributed by atoms with Gasteiger partial charge in [-0.3, -0.25) is 4.79 Å². The molecule has 0 saturated carbocycles. The molecule has 4 heteroatoms. The molecule has 1 aromatic rings. The lowest BCUT2D eigenvalue weighted by molar-refractivity contribution is 0.0747. The topological polar surface area (TPSA) is 49.6 Å². The lowest BCUT2D eigenvalue weighted by atomic mass is 9.96. The Labute approximate surface area is 127 Å². The maximum Gasteiger partial charge on any atom is 0.253 e. The summed E-state index contributed by atoms with van der Waals surface area (Å²) in [6.07, 6.45) is 3.23. The number of amides is 1. The molecule has 21 heavy (non-hydrogen) atoms. The Morgan fingerprint density at radius 1 is 1.29 bits per heavy atom. The quantitative estimate of drug-likeness (QED) is 0.896. The molecule has 1 aromatic carbocycles. The van der Waals surface area contributed by atoms with Gasteiger partial charge in [0.2, 0.25) is 0 Å². The Morgan fingerprint density at radius 2 is 1.90 bits per heavy atom. The van der Waals surface area contributed by atoms with Crippen molar-refractivity contribution in [2.24, 2.45) is 11.7 Å². The van der Waals surface area contributed by atoms with E-state index in [2.05, 4.69) is 11.9 Å². The number of hydrogen-bond acceptors (Lipinski definition) is 3. The summed E-state index contributed by atoms with van der Waals surface area (Å²) < 4.78 is 0. The van der Waals surface area contributed by atoms with Gasteiger partial charge in [-0.2, -0.15) is 0 Å². The van der Waals surface area contributed by atoms with E-state index in [9.17, 15) is 4.79 Å². The van der Waals surface area contributed by atoms with Crippen molar-refractivity contribution in [3.63, 3.8) is 0 Å². The molecular weight excluding hydrogens is 262 g/mol. The highest BCUT2D eigenvalue weighted by Gasteiger charge is 2.20. The van der Waals surface area contributed by atoms with E-state index in [0.717, 1.165) is 31.6 Å². The van der Waals surface area contributed by atoms with Crippen molar-refractivity contribution in [3.8, 4) is 0 Å². The fourth-order valence-corrected chi connectivity index (χ4v) is 2.92. The lowest BCUT2D eigenvalue weighted by Crippen LogP contribution is -2.37. The molecule has 1 amide bonds. The average molecular weight is 289 g/mol. The SMILES string of the molecule is CN1CCC(CN(C)C(=O)c2ccc(CCN)cc2)CC1. The molecule has 0 radical (unpaired) electrons. The van der Waals surface area contributed by atoms with Crippen LogP contribution < -0.4 is 5.73 Å². The number of carbonyl (C=O) groups excluding carboxylic acids is 1. The van der Waals surface area contributed by atoms with Gasteiger partial charge in [0, 0.05) is 19.2 Å². The number of piperidine rings is 1. The van der Waals surface area contributed by atoms with Crippen LogP contribution in [0, 0.1) is 5.92 Å². The minimum Gasteiger partial charge on any atom is -0.341 e. The van der Waals surface area contributed by atoms with Crippen molar-refractivity contribution in [1.29, 1.82) is 0 Å².